The third-order valence-corrected chi connectivity index (χ3v) is 11.6. The quantitative estimate of drug-likeness (QED) is 0.116. The standard InChI is InChI=1S/C39H30Cl4N12O3/c1-17(33-23(40)9-44-10-24(33)41)57-19-3-5-27-21(7-19)35(52-50-27)37-46-29-13-54(14-30(29)47-37)39(56)55-15-31-32(16-55)49-38(48-31)36-22-8-20(4-6-28(22)51-53-36)58-18(2)34-25(42)11-45-12-26(34)43/h3-12,17-18H,13-16H2,1-2H3,(H,46,47)(H,48,49)(H,50,52)(H,51,53). The van der Waals surface area contributed by atoms with E-state index in [1.54, 1.807) is 34.6 Å². The van der Waals surface area contributed by atoms with Crippen LogP contribution in [0.2, 0.25) is 20.1 Å². The number of carbonyl (C=O) groups excluding carboxylic acids is 1. The molecule has 8 heterocycles. The Morgan fingerprint density at radius 1 is 0.638 bits per heavy atom. The highest BCUT2D eigenvalue weighted by Crippen LogP contribution is 2.38. The van der Waals surface area contributed by atoms with Crippen LogP contribution in [0, 0.1) is 0 Å². The van der Waals surface area contributed by atoms with Crippen LogP contribution >= 0.6 is 46.4 Å². The van der Waals surface area contributed by atoms with Gasteiger partial charge in [0, 0.05) is 46.7 Å². The lowest BCUT2D eigenvalue weighted by Crippen LogP contribution is -2.37. The number of aromatic nitrogens is 10. The molecule has 0 saturated heterocycles. The summed E-state index contributed by atoms with van der Waals surface area (Å²) in [5, 5.41) is 18.6. The number of benzene rings is 2. The average molecular weight is 857 g/mol. The van der Waals surface area contributed by atoms with Gasteiger partial charge in [0.25, 0.3) is 0 Å². The zero-order chi connectivity index (χ0) is 39.8. The number of halogens is 4. The second-order valence-electron chi connectivity index (χ2n) is 14.1. The number of amides is 2. The number of fused-ring (bicyclic) bond motifs is 4. The first-order valence-electron chi connectivity index (χ1n) is 18.2. The fourth-order valence-electron chi connectivity index (χ4n) is 7.60. The predicted octanol–water partition coefficient (Wildman–Crippen LogP) is 9.35. The van der Waals surface area contributed by atoms with Gasteiger partial charge in [-0.05, 0) is 50.2 Å². The number of imidazole rings is 2. The number of nitrogens with zero attached hydrogens (tertiary/aromatic N) is 8. The van der Waals surface area contributed by atoms with E-state index < -0.39 is 12.2 Å². The van der Waals surface area contributed by atoms with Crippen molar-refractivity contribution >= 4 is 74.2 Å². The highest BCUT2D eigenvalue weighted by molar-refractivity contribution is 6.36. The van der Waals surface area contributed by atoms with Crippen molar-refractivity contribution in [2.45, 2.75) is 52.2 Å². The molecule has 8 aromatic rings. The van der Waals surface area contributed by atoms with E-state index in [1.807, 2.05) is 50.2 Å². The Bertz CT molecular complexity index is 2640. The van der Waals surface area contributed by atoms with E-state index in [0.717, 1.165) is 44.6 Å². The van der Waals surface area contributed by atoms with Gasteiger partial charge < -0.3 is 29.2 Å². The van der Waals surface area contributed by atoms with E-state index in [0.29, 0.717) is 91.9 Å². The van der Waals surface area contributed by atoms with Crippen LogP contribution < -0.4 is 9.47 Å². The number of ether oxygens (including phenoxy) is 2. The molecular formula is C39H30Cl4N12O3. The zero-order valence-corrected chi connectivity index (χ0v) is 33.6. The first-order valence-corrected chi connectivity index (χ1v) is 19.7. The zero-order valence-electron chi connectivity index (χ0n) is 30.6. The summed E-state index contributed by atoms with van der Waals surface area (Å²) in [5.74, 6) is 2.42. The third-order valence-electron chi connectivity index (χ3n) is 10.4. The minimum atomic E-state index is -0.427. The normalized spacial score (nSPS) is 14.7. The minimum absolute atomic E-state index is 0.105. The van der Waals surface area contributed by atoms with Gasteiger partial charge in [0.1, 0.15) is 35.1 Å². The fraction of sp³-hybridized carbons (Fsp3) is 0.205. The molecule has 0 radical (unpaired) electrons. The van der Waals surface area contributed by atoms with Crippen molar-refractivity contribution in [3.8, 4) is 34.5 Å². The van der Waals surface area contributed by atoms with Gasteiger partial charge in [-0.15, -0.1) is 0 Å². The first-order chi connectivity index (χ1) is 28.1. The molecule has 10 rings (SSSR count). The summed E-state index contributed by atoms with van der Waals surface area (Å²) in [6, 6.07) is 11.2. The Kier molecular flexibility index (Phi) is 8.93. The molecule has 2 amide bonds. The molecule has 2 aliphatic heterocycles. The van der Waals surface area contributed by atoms with Crippen molar-refractivity contribution < 1.29 is 14.3 Å². The van der Waals surface area contributed by atoms with Crippen molar-refractivity contribution in [3.05, 3.63) is 115 Å². The number of carbonyl (C=O) groups is 1. The largest absolute Gasteiger partial charge is 0.486 e. The van der Waals surface area contributed by atoms with E-state index in [2.05, 4.69) is 40.3 Å². The molecule has 0 bridgehead atoms. The summed E-state index contributed by atoms with van der Waals surface area (Å²) in [5.41, 5.74) is 7.53. The number of hydrogen-bond donors (Lipinski definition) is 4. The Hall–Kier alpha value is -5.87. The molecule has 0 spiro atoms. The monoisotopic (exact) mass is 854 g/mol. The smallest absolute Gasteiger partial charge is 0.321 e. The van der Waals surface area contributed by atoms with E-state index >= 15 is 0 Å². The molecule has 58 heavy (non-hydrogen) atoms. The molecule has 6 aromatic heterocycles. The number of hydrogen-bond acceptors (Lipinski definition) is 9. The molecule has 19 heteroatoms. The Morgan fingerprint density at radius 3 is 1.45 bits per heavy atom. The van der Waals surface area contributed by atoms with Gasteiger partial charge in [0.2, 0.25) is 0 Å². The number of nitrogens with one attached hydrogen (secondary N) is 4. The first kappa shape index (κ1) is 36.5. The number of aromatic amines is 4. The maximum Gasteiger partial charge on any atom is 0.321 e. The van der Waals surface area contributed by atoms with Crippen LogP contribution in [0.25, 0.3) is 44.8 Å². The highest BCUT2D eigenvalue weighted by Gasteiger charge is 2.35. The van der Waals surface area contributed by atoms with Gasteiger partial charge >= 0.3 is 6.03 Å². The summed E-state index contributed by atoms with van der Waals surface area (Å²) in [7, 11) is 0. The van der Waals surface area contributed by atoms with E-state index in [1.165, 1.54) is 0 Å². The fourth-order valence-corrected chi connectivity index (χ4v) is 8.95. The maximum atomic E-state index is 13.8. The summed E-state index contributed by atoms with van der Waals surface area (Å²) >= 11 is 25.5. The third kappa shape index (κ3) is 6.34. The van der Waals surface area contributed by atoms with Gasteiger partial charge in [-0.1, -0.05) is 46.4 Å². The predicted molar refractivity (Wildman–Crippen MR) is 218 cm³/mol. The van der Waals surface area contributed by atoms with Crippen molar-refractivity contribution in [2.24, 2.45) is 0 Å². The molecular weight excluding hydrogens is 826 g/mol. The van der Waals surface area contributed by atoms with Crippen molar-refractivity contribution in [1.29, 1.82) is 0 Å². The number of pyridine rings is 2. The van der Waals surface area contributed by atoms with Crippen molar-refractivity contribution in [3.63, 3.8) is 0 Å². The van der Waals surface area contributed by atoms with Gasteiger partial charge in [0.15, 0.2) is 11.6 Å². The average Bonchev–Trinajstić information content (AvgIpc) is 4.04. The summed E-state index contributed by atoms with van der Waals surface area (Å²) < 4.78 is 12.5. The molecule has 0 aliphatic carbocycles. The lowest BCUT2D eigenvalue weighted by Gasteiger charge is -2.23. The molecule has 2 atom stereocenters. The van der Waals surface area contributed by atoms with Gasteiger partial charge in [-0.3, -0.25) is 20.2 Å². The van der Waals surface area contributed by atoms with Crippen molar-refractivity contribution in [2.75, 3.05) is 0 Å². The molecule has 2 aliphatic rings. The molecule has 15 nitrogen and oxygen atoms in total. The van der Waals surface area contributed by atoms with Crippen molar-refractivity contribution in [1.82, 2.24) is 60.1 Å². The Morgan fingerprint density at radius 2 is 1.05 bits per heavy atom. The Balaban J connectivity index is 0.803. The number of urea groups is 1. The minimum Gasteiger partial charge on any atom is -0.486 e. The summed E-state index contributed by atoms with van der Waals surface area (Å²) in [4.78, 5) is 41.9. The molecule has 4 N–H and O–H groups in total. The molecule has 0 fully saturated rings. The van der Waals surface area contributed by atoms with Crippen LogP contribution in [-0.4, -0.2) is 66.1 Å². The van der Waals surface area contributed by atoms with Crippen LogP contribution in [-0.2, 0) is 26.2 Å². The lowest BCUT2D eigenvalue weighted by molar-refractivity contribution is 0.151. The van der Waals surface area contributed by atoms with Gasteiger partial charge in [-0.25, -0.2) is 14.8 Å². The molecule has 2 aromatic carbocycles. The lowest BCUT2D eigenvalue weighted by atomic mass is 10.1. The van der Waals surface area contributed by atoms with E-state index in [4.69, 9.17) is 65.8 Å². The highest BCUT2D eigenvalue weighted by atomic mass is 35.5. The van der Waals surface area contributed by atoms with Crippen LogP contribution in [0.4, 0.5) is 4.79 Å². The summed E-state index contributed by atoms with van der Waals surface area (Å²) in [6.45, 7) is 5.23. The van der Waals surface area contributed by atoms with Crippen LogP contribution in [0.3, 0.4) is 0 Å². The van der Waals surface area contributed by atoms with Gasteiger partial charge in [-0.2, -0.15) is 10.2 Å². The Labute approximate surface area is 349 Å². The molecule has 292 valence electrons. The second-order valence-corrected chi connectivity index (χ2v) is 15.8. The van der Waals surface area contributed by atoms with E-state index in [-0.39, 0.29) is 6.03 Å². The van der Waals surface area contributed by atoms with E-state index in [9.17, 15) is 4.79 Å². The second kappa shape index (κ2) is 14.2. The van der Waals surface area contributed by atoms with Crippen LogP contribution in [0.15, 0.2) is 61.2 Å². The SMILES string of the molecule is CC(Oc1ccc2[nH]nc(-c3nc4c([nH]3)CN(C(=O)N3Cc5nc(-c6n[nH]c7ccc(OC(C)c8c(Cl)cncc8Cl)cc67)[nH]c5C3)C4)c2c1)c1c(Cl)cncc1Cl. The van der Waals surface area contributed by atoms with Crippen LogP contribution in [0.1, 0.15) is 60.0 Å². The maximum absolute atomic E-state index is 13.8. The number of H-pyrrole nitrogens is 4. The molecule has 0 saturated carbocycles. The van der Waals surface area contributed by atoms with Crippen LogP contribution in [0.5, 0.6) is 11.5 Å². The number of rotatable bonds is 8. The topological polar surface area (TPSA) is 183 Å². The van der Waals surface area contributed by atoms with Gasteiger partial charge in [0.05, 0.1) is 80.1 Å². The summed E-state index contributed by atoms with van der Waals surface area (Å²) in [6.07, 6.45) is 5.31. The molecule has 2 unspecified atom stereocenters.